The lowest BCUT2D eigenvalue weighted by Crippen LogP contribution is -2.03. The molecule has 3 rings (SSSR count). The summed E-state index contributed by atoms with van der Waals surface area (Å²) in [6.45, 7) is 2.51. The Morgan fingerprint density at radius 2 is 1.83 bits per heavy atom. The highest BCUT2D eigenvalue weighted by molar-refractivity contribution is 6.55. The summed E-state index contributed by atoms with van der Waals surface area (Å²) in [4.78, 5) is 5.32. The fraction of sp³-hybridized carbons (Fsp3) is 0.250. The van der Waals surface area contributed by atoms with Gasteiger partial charge in [0.2, 0.25) is 5.88 Å². The number of aryl methyl sites for hydroxylation is 2. The third-order valence-corrected chi connectivity index (χ3v) is 5.47. The minimum absolute atomic E-state index is 0.0848. The minimum atomic E-state index is -0.480. The van der Waals surface area contributed by atoms with Crippen LogP contribution >= 0.6 is 46.4 Å². The van der Waals surface area contributed by atoms with Gasteiger partial charge in [0.15, 0.2) is 17.3 Å². The molecule has 0 saturated carbocycles. The third-order valence-electron chi connectivity index (χ3n) is 4.60. The molecule has 0 aliphatic rings. The first kappa shape index (κ1) is 27.9. The molecule has 1 aromatic heterocycles. The predicted octanol–water partition coefficient (Wildman–Crippen LogP) is 7.48. The number of nitrogens with zero attached hydrogens (tertiary/aromatic N) is 3. The summed E-state index contributed by atoms with van der Waals surface area (Å²) in [6.07, 6.45) is 3.47. The van der Waals surface area contributed by atoms with E-state index in [1.165, 1.54) is 29.1 Å². The van der Waals surface area contributed by atoms with Crippen molar-refractivity contribution in [1.29, 1.82) is 0 Å². The molecule has 0 fully saturated rings. The predicted molar refractivity (Wildman–Crippen MR) is 140 cm³/mol. The van der Waals surface area contributed by atoms with Crippen LogP contribution in [0.1, 0.15) is 17.7 Å². The van der Waals surface area contributed by atoms with E-state index in [0.717, 1.165) is 0 Å². The Kier molecular flexibility index (Phi) is 10.6. The van der Waals surface area contributed by atoms with Gasteiger partial charge in [0, 0.05) is 25.6 Å². The molecule has 2 aromatic carbocycles. The van der Waals surface area contributed by atoms with Crippen molar-refractivity contribution in [3.05, 3.63) is 74.1 Å². The molecule has 0 aliphatic heterocycles. The zero-order chi connectivity index (χ0) is 26.1. The van der Waals surface area contributed by atoms with Gasteiger partial charge >= 0.3 is 0 Å². The van der Waals surface area contributed by atoms with E-state index in [4.69, 9.17) is 65.5 Å². The number of oxime groups is 1. The Balaban J connectivity index is 1.49. The maximum Gasteiger partial charge on any atom is 0.226 e. The van der Waals surface area contributed by atoms with Gasteiger partial charge in [0.1, 0.15) is 23.5 Å². The topological polar surface area (TPSA) is 67.1 Å². The lowest BCUT2D eigenvalue weighted by Gasteiger charge is -2.12. The molecule has 1 heterocycles. The number of halogens is 5. The third kappa shape index (κ3) is 7.93. The van der Waals surface area contributed by atoms with Crippen LogP contribution in [-0.2, 0) is 11.9 Å². The fourth-order valence-electron chi connectivity index (χ4n) is 2.95. The Hall–Kier alpha value is -2.65. The zero-order valence-electron chi connectivity index (χ0n) is 19.3. The SMILES string of the molecule is Cc1nn(C)c(Oc2ccccc2F)c1/C=N/OCCCOc1c(Cl)cc(OCC=C(Cl)Cl)cc1Cl. The van der Waals surface area contributed by atoms with Crippen LogP contribution in [0.4, 0.5) is 4.39 Å². The van der Waals surface area contributed by atoms with Gasteiger partial charge in [0.05, 0.1) is 34.1 Å². The Bertz CT molecular complexity index is 1220. The number of hydrogen-bond acceptors (Lipinski definition) is 6. The number of benzene rings is 2. The van der Waals surface area contributed by atoms with Crippen LogP contribution in [0.3, 0.4) is 0 Å². The number of rotatable bonds is 12. The average molecular weight is 577 g/mol. The first-order valence-electron chi connectivity index (χ1n) is 10.6. The lowest BCUT2D eigenvalue weighted by molar-refractivity contribution is 0.129. The largest absolute Gasteiger partial charge is 0.490 e. The quantitative estimate of drug-likeness (QED) is 0.127. The lowest BCUT2D eigenvalue weighted by atomic mass is 10.3. The van der Waals surface area contributed by atoms with E-state index in [9.17, 15) is 4.39 Å². The average Bonchev–Trinajstić information content (AvgIpc) is 3.08. The Labute approximate surface area is 227 Å². The number of ether oxygens (including phenoxy) is 3. The van der Waals surface area contributed by atoms with Crippen LogP contribution in [0.25, 0.3) is 0 Å². The molecule has 192 valence electrons. The maximum atomic E-state index is 14.0. The van der Waals surface area contributed by atoms with Gasteiger partial charge in [-0.25, -0.2) is 9.07 Å². The summed E-state index contributed by atoms with van der Waals surface area (Å²) in [5, 5.41) is 8.87. The molecule has 0 unspecified atom stereocenters. The number of hydrogen-bond donors (Lipinski definition) is 0. The summed E-state index contributed by atoms with van der Waals surface area (Å²) >= 11 is 23.6. The van der Waals surface area contributed by atoms with Crippen molar-refractivity contribution in [3.63, 3.8) is 0 Å². The summed E-state index contributed by atoms with van der Waals surface area (Å²) in [5.41, 5.74) is 1.22. The summed E-state index contributed by atoms with van der Waals surface area (Å²) in [5.74, 6) is 0.727. The van der Waals surface area contributed by atoms with Gasteiger partial charge in [-0.2, -0.15) is 5.10 Å². The molecule has 36 heavy (non-hydrogen) atoms. The van der Waals surface area contributed by atoms with Gasteiger partial charge < -0.3 is 19.0 Å². The molecule has 0 amide bonds. The molecule has 0 saturated heterocycles. The van der Waals surface area contributed by atoms with Crippen molar-refractivity contribution < 1.29 is 23.4 Å². The molecular formula is C24H22Cl4FN3O4. The van der Waals surface area contributed by atoms with E-state index in [1.54, 1.807) is 38.2 Å². The van der Waals surface area contributed by atoms with Crippen molar-refractivity contribution >= 4 is 52.6 Å². The van der Waals surface area contributed by atoms with E-state index in [1.807, 2.05) is 0 Å². The van der Waals surface area contributed by atoms with Crippen LogP contribution in [-0.4, -0.2) is 35.8 Å². The van der Waals surface area contributed by atoms with E-state index in [-0.39, 0.29) is 30.1 Å². The summed E-state index contributed by atoms with van der Waals surface area (Å²) in [6, 6.07) is 9.27. The molecule has 0 spiro atoms. The van der Waals surface area contributed by atoms with Crippen molar-refractivity contribution in [2.24, 2.45) is 12.2 Å². The van der Waals surface area contributed by atoms with Crippen LogP contribution in [0.5, 0.6) is 23.1 Å². The first-order chi connectivity index (χ1) is 17.3. The van der Waals surface area contributed by atoms with Crippen LogP contribution in [0, 0.1) is 12.7 Å². The van der Waals surface area contributed by atoms with Crippen molar-refractivity contribution in [2.45, 2.75) is 13.3 Å². The van der Waals surface area contributed by atoms with Crippen LogP contribution in [0.15, 0.2) is 52.1 Å². The van der Waals surface area contributed by atoms with Gasteiger partial charge in [-0.15, -0.1) is 0 Å². The molecule has 0 aliphatic carbocycles. The van der Waals surface area contributed by atoms with E-state index >= 15 is 0 Å². The van der Waals surface area contributed by atoms with Crippen molar-refractivity contribution in [3.8, 4) is 23.1 Å². The van der Waals surface area contributed by atoms with Gasteiger partial charge in [-0.1, -0.05) is 63.7 Å². The normalized spacial score (nSPS) is 11.0. The second kappa shape index (κ2) is 13.6. The number of aromatic nitrogens is 2. The van der Waals surface area contributed by atoms with Gasteiger partial charge in [-0.3, -0.25) is 0 Å². The maximum absolute atomic E-state index is 14.0. The highest BCUT2D eigenvalue weighted by atomic mass is 35.5. The molecule has 12 heteroatoms. The molecule has 0 atom stereocenters. The van der Waals surface area contributed by atoms with Gasteiger partial charge in [0.25, 0.3) is 0 Å². The van der Waals surface area contributed by atoms with E-state index < -0.39 is 5.82 Å². The summed E-state index contributed by atoms with van der Waals surface area (Å²) in [7, 11) is 1.69. The van der Waals surface area contributed by atoms with Crippen molar-refractivity contribution in [2.75, 3.05) is 19.8 Å². The second-order valence-corrected chi connectivity index (χ2v) is 9.07. The molecule has 0 bridgehead atoms. The first-order valence-corrected chi connectivity index (χ1v) is 12.1. The van der Waals surface area contributed by atoms with Crippen LogP contribution < -0.4 is 14.2 Å². The molecule has 3 aromatic rings. The number of para-hydroxylation sites is 1. The van der Waals surface area contributed by atoms with E-state index in [0.29, 0.717) is 45.1 Å². The van der Waals surface area contributed by atoms with E-state index in [2.05, 4.69) is 10.3 Å². The highest BCUT2D eigenvalue weighted by Gasteiger charge is 2.16. The van der Waals surface area contributed by atoms with Crippen LogP contribution in [0.2, 0.25) is 10.0 Å². The Morgan fingerprint density at radius 1 is 1.11 bits per heavy atom. The minimum Gasteiger partial charge on any atom is -0.490 e. The molecular weight excluding hydrogens is 555 g/mol. The highest BCUT2D eigenvalue weighted by Crippen LogP contribution is 2.37. The Morgan fingerprint density at radius 3 is 2.53 bits per heavy atom. The van der Waals surface area contributed by atoms with Gasteiger partial charge in [-0.05, 0) is 25.1 Å². The molecule has 7 nitrogen and oxygen atoms in total. The standard InChI is InChI=1S/C24H22Cl4FN3O4/c1-15-17(24(32(2)31-15)36-21-7-4-3-6-20(21)29)14-30-35-10-5-9-34-23-18(25)12-16(13-19(23)26)33-11-8-22(27)28/h3-4,6-8,12-14H,5,9-11H2,1-2H3/b30-14+. The zero-order valence-corrected chi connectivity index (χ0v) is 22.3. The molecule has 0 radical (unpaired) electrons. The molecule has 0 N–H and O–H groups in total. The fourth-order valence-corrected chi connectivity index (χ4v) is 3.66. The van der Waals surface area contributed by atoms with Crippen molar-refractivity contribution in [1.82, 2.24) is 9.78 Å². The second-order valence-electron chi connectivity index (χ2n) is 7.25. The monoisotopic (exact) mass is 575 g/mol. The smallest absolute Gasteiger partial charge is 0.226 e. The summed E-state index contributed by atoms with van der Waals surface area (Å²) < 4.78 is 32.4.